The van der Waals surface area contributed by atoms with Crippen LogP contribution >= 0.6 is 0 Å². The number of halogens is 1. The summed E-state index contributed by atoms with van der Waals surface area (Å²) < 4.78 is 26.5. The molecule has 1 fully saturated rings. The van der Waals surface area contributed by atoms with E-state index in [1.807, 2.05) is 39.1 Å². The number of likely N-dealkylation sites (tertiary alicyclic amines) is 1. The highest BCUT2D eigenvalue weighted by molar-refractivity contribution is 5.77. The molecule has 1 amide bonds. The summed E-state index contributed by atoms with van der Waals surface area (Å²) in [5, 5.41) is 20.4. The van der Waals surface area contributed by atoms with Crippen LogP contribution in [0.3, 0.4) is 0 Å². The van der Waals surface area contributed by atoms with Crippen LogP contribution in [0, 0.1) is 17.1 Å². The van der Waals surface area contributed by atoms with Gasteiger partial charge in [-0.1, -0.05) is 12.1 Å². The van der Waals surface area contributed by atoms with E-state index in [-0.39, 0.29) is 24.6 Å². The van der Waals surface area contributed by atoms with Crippen LogP contribution in [0.25, 0.3) is 5.52 Å². The fourth-order valence-electron chi connectivity index (χ4n) is 4.93. The summed E-state index contributed by atoms with van der Waals surface area (Å²) in [6.45, 7) is 8.07. The molecule has 2 aromatic heterocycles. The number of amides is 1. The zero-order chi connectivity index (χ0) is 29.7. The standard InChI is InChI=1S/C31H34FN7O3/c1-31(2,3)42-30(40)37-25-10-12-38(13-11-25)18-22-9-14-39-28(22)29(34-20-35-39)36-26-7-8-27(23(16-26)17-33)41-19-21-5-4-6-24(32)15-21/h4-9,14-16,20,25H,10-13,18-19H2,1-3H3,(H,37,40)(H,34,35,36). The fraction of sp³-hybridized carbons (Fsp3) is 0.355. The van der Waals surface area contributed by atoms with E-state index in [9.17, 15) is 14.4 Å². The number of aromatic nitrogens is 3. The molecule has 0 bridgehead atoms. The Hall–Kier alpha value is -4.69. The first-order valence-corrected chi connectivity index (χ1v) is 13.9. The molecule has 11 heteroatoms. The Balaban J connectivity index is 1.24. The monoisotopic (exact) mass is 571 g/mol. The van der Waals surface area contributed by atoms with Gasteiger partial charge in [-0.25, -0.2) is 18.7 Å². The number of fused-ring (bicyclic) bond motifs is 1. The average molecular weight is 572 g/mol. The summed E-state index contributed by atoms with van der Waals surface area (Å²) in [7, 11) is 0. The number of carbonyl (C=O) groups excluding carboxylic acids is 1. The van der Waals surface area contributed by atoms with E-state index < -0.39 is 5.60 Å². The first kappa shape index (κ1) is 28.8. The number of ether oxygens (including phenoxy) is 2. The predicted molar refractivity (Wildman–Crippen MR) is 156 cm³/mol. The van der Waals surface area contributed by atoms with Gasteiger partial charge in [-0.15, -0.1) is 0 Å². The molecule has 0 unspecified atom stereocenters. The molecule has 0 spiro atoms. The molecule has 1 aliphatic heterocycles. The highest BCUT2D eigenvalue weighted by Gasteiger charge is 2.24. The molecule has 10 nitrogen and oxygen atoms in total. The van der Waals surface area contributed by atoms with Gasteiger partial charge < -0.3 is 20.1 Å². The minimum Gasteiger partial charge on any atom is -0.488 e. The summed E-state index contributed by atoms with van der Waals surface area (Å²) in [5.41, 5.74) is 3.08. The van der Waals surface area contributed by atoms with Gasteiger partial charge in [0.2, 0.25) is 0 Å². The van der Waals surface area contributed by atoms with Crippen LogP contribution in [0.2, 0.25) is 0 Å². The Bertz CT molecular complexity index is 1600. The molecule has 0 aliphatic carbocycles. The first-order chi connectivity index (χ1) is 20.2. The molecule has 4 aromatic rings. The smallest absolute Gasteiger partial charge is 0.407 e. The van der Waals surface area contributed by atoms with Crippen molar-refractivity contribution in [2.24, 2.45) is 0 Å². The predicted octanol–water partition coefficient (Wildman–Crippen LogP) is 5.55. The summed E-state index contributed by atoms with van der Waals surface area (Å²) in [5.74, 6) is 0.689. The highest BCUT2D eigenvalue weighted by Crippen LogP contribution is 2.28. The largest absolute Gasteiger partial charge is 0.488 e. The second kappa shape index (κ2) is 12.4. The third kappa shape index (κ3) is 7.33. The maximum Gasteiger partial charge on any atom is 0.407 e. The Labute approximate surface area is 244 Å². The second-order valence-electron chi connectivity index (χ2n) is 11.3. The lowest BCUT2D eigenvalue weighted by atomic mass is 10.0. The van der Waals surface area contributed by atoms with Crippen molar-refractivity contribution in [1.82, 2.24) is 24.8 Å². The number of nitriles is 1. The van der Waals surface area contributed by atoms with Gasteiger partial charge in [0, 0.05) is 37.6 Å². The number of carbonyl (C=O) groups is 1. The van der Waals surface area contributed by atoms with E-state index in [0.29, 0.717) is 34.9 Å². The summed E-state index contributed by atoms with van der Waals surface area (Å²) in [6, 6.07) is 15.7. The van der Waals surface area contributed by atoms with Crippen molar-refractivity contribution in [3.8, 4) is 11.8 Å². The van der Waals surface area contributed by atoms with Gasteiger partial charge in [-0.2, -0.15) is 10.4 Å². The molecule has 2 aromatic carbocycles. The molecule has 0 radical (unpaired) electrons. The minimum absolute atomic E-state index is 0.0811. The van der Waals surface area contributed by atoms with Crippen LogP contribution in [-0.2, 0) is 17.9 Å². The molecule has 42 heavy (non-hydrogen) atoms. The van der Waals surface area contributed by atoms with Crippen molar-refractivity contribution in [2.75, 3.05) is 18.4 Å². The number of rotatable bonds is 8. The fourth-order valence-corrected chi connectivity index (χ4v) is 4.93. The number of alkyl carbamates (subject to hydrolysis) is 1. The molecule has 2 N–H and O–H groups in total. The SMILES string of the molecule is CC(C)(C)OC(=O)NC1CCN(Cc2ccn3ncnc(Nc4ccc(OCc5cccc(F)c5)c(C#N)c4)c23)CC1. The molecule has 0 atom stereocenters. The Morgan fingerprint density at radius 3 is 2.71 bits per heavy atom. The summed E-state index contributed by atoms with van der Waals surface area (Å²) in [4.78, 5) is 19.0. The molecule has 1 aliphatic rings. The number of hydrogen-bond acceptors (Lipinski definition) is 8. The van der Waals surface area contributed by atoms with Crippen molar-refractivity contribution in [3.05, 3.63) is 83.6 Å². The van der Waals surface area contributed by atoms with Crippen LogP contribution in [-0.4, -0.2) is 50.3 Å². The van der Waals surface area contributed by atoms with E-state index in [4.69, 9.17) is 9.47 Å². The third-order valence-corrected chi connectivity index (χ3v) is 6.89. The minimum atomic E-state index is -0.523. The van der Waals surface area contributed by atoms with Crippen molar-refractivity contribution in [1.29, 1.82) is 5.26 Å². The van der Waals surface area contributed by atoms with Gasteiger partial charge >= 0.3 is 6.09 Å². The maximum atomic E-state index is 13.5. The average Bonchev–Trinajstić information content (AvgIpc) is 3.36. The second-order valence-corrected chi connectivity index (χ2v) is 11.3. The van der Waals surface area contributed by atoms with Crippen molar-refractivity contribution in [3.63, 3.8) is 0 Å². The molecular weight excluding hydrogens is 537 g/mol. The van der Waals surface area contributed by atoms with E-state index in [1.54, 1.807) is 28.8 Å². The highest BCUT2D eigenvalue weighted by atomic mass is 19.1. The number of hydrogen-bond donors (Lipinski definition) is 2. The number of piperidine rings is 1. The van der Waals surface area contributed by atoms with Crippen molar-refractivity contribution >= 4 is 23.1 Å². The van der Waals surface area contributed by atoms with Crippen LogP contribution in [0.5, 0.6) is 5.75 Å². The van der Waals surface area contributed by atoms with E-state index in [1.165, 1.54) is 18.5 Å². The molecule has 3 heterocycles. The van der Waals surface area contributed by atoms with Crippen LogP contribution in [0.4, 0.5) is 20.7 Å². The van der Waals surface area contributed by atoms with Crippen molar-refractivity contribution in [2.45, 2.75) is 58.4 Å². The van der Waals surface area contributed by atoms with Gasteiger partial charge in [0.05, 0.1) is 5.56 Å². The van der Waals surface area contributed by atoms with Crippen LogP contribution < -0.4 is 15.4 Å². The first-order valence-electron chi connectivity index (χ1n) is 13.9. The summed E-state index contributed by atoms with van der Waals surface area (Å²) >= 11 is 0. The van der Waals surface area contributed by atoms with Gasteiger partial charge in [-0.05, 0) is 81.1 Å². The quantitative estimate of drug-likeness (QED) is 0.283. The number of benzene rings is 2. The lowest BCUT2D eigenvalue weighted by Crippen LogP contribution is -2.45. The molecular formula is C31H34FN7O3. The zero-order valence-corrected chi connectivity index (χ0v) is 23.9. The maximum absolute atomic E-state index is 13.5. The molecule has 0 saturated carbocycles. The van der Waals surface area contributed by atoms with Gasteiger partial charge in [0.1, 0.15) is 41.7 Å². The lowest BCUT2D eigenvalue weighted by molar-refractivity contribution is 0.0477. The Morgan fingerprint density at radius 2 is 1.98 bits per heavy atom. The molecule has 5 rings (SSSR count). The number of anilines is 2. The van der Waals surface area contributed by atoms with E-state index in [2.05, 4.69) is 31.7 Å². The van der Waals surface area contributed by atoms with Crippen molar-refractivity contribution < 1.29 is 18.7 Å². The molecule has 1 saturated heterocycles. The number of nitrogens with zero attached hydrogens (tertiary/aromatic N) is 5. The van der Waals surface area contributed by atoms with Gasteiger partial charge in [0.15, 0.2) is 5.82 Å². The van der Waals surface area contributed by atoms with E-state index in [0.717, 1.165) is 37.0 Å². The summed E-state index contributed by atoms with van der Waals surface area (Å²) in [6.07, 6.45) is 4.67. The Kier molecular flexibility index (Phi) is 8.54. The van der Waals surface area contributed by atoms with Crippen LogP contribution in [0.1, 0.15) is 50.3 Å². The topological polar surface area (TPSA) is 117 Å². The lowest BCUT2D eigenvalue weighted by Gasteiger charge is -2.32. The number of nitrogens with one attached hydrogen (secondary N) is 2. The van der Waals surface area contributed by atoms with E-state index >= 15 is 0 Å². The normalized spacial score (nSPS) is 14.4. The third-order valence-electron chi connectivity index (χ3n) is 6.89. The van der Waals surface area contributed by atoms with Crippen LogP contribution in [0.15, 0.2) is 61.1 Å². The zero-order valence-electron chi connectivity index (χ0n) is 23.9. The Morgan fingerprint density at radius 1 is 1.17 bits per heavy atom. The van der Waals surface area contributed by atoms with Gasteiger partial charge in [0.25, 0.3) is 0 Å². The van der Waals surface area contributed by atoms with Gasteiger partial charge in [-0.3, -0.25) is 4.90 Å². The molecule has 218 valence electrons.